The summed E-state index contributed by atoms with van der Waals surface area (Å²) >= 11 is 0. The molecular formula is C18H28N2O2. The normalized spacial score (nSPS) is 18.1. The van der Waals surface area contributed by atoms with Gasteiger partial charge in [-0.05, 0) is 31.4 Å². The second-order valence-corrected chi connectivity index (χ2v) is 6.00. The van der Waals surface area contributed by atoms with Gasteiger partial charge < -0.3 is 15.0 Å². The molecule has 22 heavy (non-hydrogen) atoms. The van der Waals surface area contributed by atoms with Crippen LogP contribution in [0.5, 0.6) is 0 Å². The lowest BCUT2D eigenvalue weighted by Crippen LogP contribution is -2.46. The van der Waals surface area contributed by atoms with E-state index < -0.39 is 6.10 Å². The molecular weight excluding hydrogens is 276 g/mol. The smallest absolute Gasteiger partial charge is 0.253 e. The molecule has 1 heterocycles. The van der Waals surface area contributed by atoms with E-state index in [4.69, 9.17) is 4.74 Å². The number of amides is 1. The zero-order valence-electron chi connectivity index (χ0n) is 13.8. The Bertz CT molecular complexity index is 442. The number of methoxy groups -OCH3 is 1. The van der Waals surface area contributed by atoms with E-state index in [1.807, 2.05) is 30.3 Å². The number of hydrogen-bond donors (Lipinski definition) is 1. The highest BCUT2D eigenvalue weighted by molar-refractivity contribution is 5.82. The summed E-state index contributed by atoms with van der Waals surface area (Å²) in [5.74, 6) is -0.0271. The van der Waals surface area contributed by atoms with Gasteiger partial charge in [-0.2, -0.15) is 0 Å². The van der Waals surface area contributed by atoms with Gasteiger partial charge in [0.1, 0.15) is 0 Å². The lowest BCUT2D eigenvalue weighted by atomic mass is 10.0. The molecule has 1 aromatic rings. The minimum absolute atomic E-state index is 0.0271. The summed E-state index contributed by atoms with van der Waals surface area (Å²) in [6.45, 7) is 5.56. The van der Waals surface area contributed by atoms with Crippen molar-refractivity contribution in [1.82, 2.24) is 10.2 Å². The molecule has 1 N–H and O–H groups in total. The molecule has 0 radical (unpaired) electrons. The lowest BCUT2D eigenvalue weighted by Gasteiger charge is -2.33. The quantitative estimate of drug-likeness (QED) is 0.842. The topological polar surface area (TPSA) is 41.6 Å². The van der Waals surface area contributed by atoms with Crippen LogP contribution >= 0.6 is 0 Å². The third-order valence-corrected chi connectivity index (χ3v) is 4.34. The zero-order valence-corrected chi connectivity index (χ0v) is 13.8. The second kappa shape index (κ2) is 8.91. The Labute approximate surface area is 133 Å². The minimum Gasteiger partial charge on any atom is -0.367 e. The van der Waals surface area contributed by atoms with Gasteiger partial charge in [0.15, 0.2) is 6.10 Å². The van der Waals surface area contributed by atoms with Crippen LogP contribution in [0.4, 0.5) is 0 Å². The Morgan fingerprint density at radius 2 is 2.00 bits per heavy atom. The Kier molecular flexibility index (Phi) is 6.87. The molecule has 2 rings (SSSR count). The van der Waals surface area contributed by atoms with E-state index in [0.29, 0.717) is 0 Å². The van der Waals surface area contributed by atoms with E-state index in [9.17, 15) is 4.79 Å². The molecule has 1 amide bonds. The third-order valence-electron chi connectivity index (χ3n) is 4.34. The summed E-state index contributed by atoms with van der Waals surface area (Å²) in [4.78, 5) is 14.9. The first-order valence-corrected chi connectivity index (χ1v) is 8.35. The minimum atomic E-state index is -0.515. The molecule has 4 heteroatoms. The third kappa shape index (κ3) is 4.82. The molecule has 0 bridgehead atoms. The van der Waals surface area contributed by atoms with Crippen molar-refractivity contribution in [1.29, 1.82) is 0 Å². The van der Waals surface area contributed by atoms with Crippen molar-refractivity contribution in [3.63, 3.8) is 0 Å². The highest BCUT2D eigenvalue weighted by Crippen LogP contribution is 2.18. The fourth-order valence-electron chi connectivity index (χ4n) is 2.98. The lowest BCUT2D eigenvalue weighted by molar-refractivity contribution is -0.132. The molecule has 1 saturated heterocycles. The maximum atomic E-state index is 12.4. The number of nitrogens with zero attached hydrogens (tertiary/aromatic N) is 1. The van der Waals surface area contributed by atoms with Crippen LogP contribution in [0.3, 0.4) is 0 Å². The number of carbonyl (C=O) groups is 1. The fourth-order valence-corrected chi connectivity index (χ4v) is 2.98. The van der Waals surface area contributed by atoms with Crippen LogP contribution in [0.15, 0.2) is 30.3 Å². The van der Waals surface area contributed by atoms with Crippen LogP contribution in [0.25, 0.3) is 0 Å². The molecule has 1 atom stereocenters. The molecule has 0 spiro atoms. The standard InChI is InChI=1S/C18H28N2O2/c1-3-4-12-20-13-10-16(11-14-20)19-18(21)17(22-2)15-8-6-5-7-9-15/h5-9,16-17H,3-4,10-14H2,1-2H3,(H,19,21). The van der Waals surface area contributed by atoms with Crippen LogP contribution in [-0.2, 0) is 9.53 Å². The van der Waals surface area contributed by atoms with E-state index in [0.717, 1.165) is 31.5 Å². The number of unbranched alkanes of at least 4 members (excludes halogenated alkanes) is 1. The van der Waals surface area contributed by atoms with Crippen molar-refractivity contribution >= 4 is 5.91 Å². The van der Waals surface area contributed by atoms with Crippen LogP contribution in [0.1, 0.15) is 44.3 Å². The van der Waals surface area contributed by atoms with Crippen molar-refractivity contribution in [2.75, 3.05) is 26.7 Å². The van der Waals surface area contributed by atoms with Gasteiger partial charge in [-0.3, -0.25) is 4.79 Å². The monoisotopic (exact) mass is 304 g/mol. The number of ether oxygens (including phenoxy) is 1. The Hall–Kier alpha value is -1.39. The van der Waals surface area contributed by atoms with Gasteiger partial charge in [0.05, 0.1) is 0 Å². The van der Waals surface area contributed by atoms with Gasteiger partial charge in [0.2, 0.25) is 0 Å². The highest BCUT2D eigenvalue weighted by atomic mass is 16.5. The summed E-state index contributed by atoms with van der Waals surface area (Å²) in [5, 5.41) is 3.15. The van der Waals surface area contributed by atoms with Gasteiger partial charge in [-0.1, -0.05) is 43.7 Å². The summed E-state index contributed by atoms with van der Waals surface area (Å²) in [6.07, 6.45) is 4.04. The van der Waals surface area contributed by atoms with Crippen LogP contribution < -0.4 is 5.32 Å². The molecule has 1 aromatic carbocycles. The summed E-state index contributed by atoms with van der Waals surface area (Å²) in [7, 11) is 1.59. The van der Waals surface area contributed by atoms with Gasteiger partial charge in [-0.15, -0.1) is 0 Å². The van der Waals surface area contributed by atoms with E-state index in [2.05, 4.69) is 17.1 Å². The maximum absolute atomic E-state index is 12.4. The number of piperidine rings is 1. The SMILES string of the molecule is CCCCN1CCC(NC(=O)C(OC)c2ccccc2)CC1. The molecule has 0 aromatic heterocycles. The molecule has 0 saturated carbocycles. The molecule has 4 nitrogen and oxygen atoms in total. The largest absolute Gasteiger partial charge is 0.367 e. The number of rotatable bonds is 7. The van der Waals surface area contributed by atoms with Crippen LogP contribution in [0, 0.1) is 0 Å². The van der Waals surface area contributed by atoms with E-state index >= 15 is 0 Å². The Balaban J connectivity index is 1.82. The van der Waals surface area contributed by atoms with E-state index in [1.54, 1.807) is 7.11 Å². The van der Waals surface area contributed by atoms with Crippen molar-refractivity contribution < 1.29 is 9.53 Å². The van der Waals surface area contributed by atoms with E-state index in [-0.39, 0.29) is 11.9 Å². The van der Waals surface area contributed by atoms with Crippen LogP contribution in [0.2, 0.25) is 0 Å². The number of carbonyl (C=O) groups excluding carboxylic acids is 1. The summed E-state index contributed by atoms with van der Waals surface area (Å²) < 4.78 is 5.39. The Morgan fingerprint density at radius 3 is 2.59 bits per heavy atom. The zero-order chi connectivity index (χ0) is 15.8. The fraction of sp³-hybridized carbons (Fsp3) is 0.611. The molecule has 1 aliphatic rings. The first-order valence-electron chi connectivity index (χ1n) is 8.35. The number of hydrogen-bond acceptors (Lipinski definition) is 3. The highest BCUT2D eigenvalue weighted by Gasteiger charge is 2.25. The van der Waals surface area contributed by atoms with Crippen LogP contribution in [-0.4, -0.2) is 43.6 Å². The van der Waals surface area contributed by atoms with Crippen molar-refractivity contribution in [3.8, 4) is 0 Å². The molecule has 1 unspecified atom stereocenters. The summed E-state index contributed by atoms with van der Waals surface area (Å²) in [6, 6.07) is 9.94. The van der Waals surface area contributed by atoms with Crippen molar-refractivity contribution in [2.45, 2.75) is 44.8 Å². The molecule has 122 valence electrons. The predicted octanol–water partition coefficient (Wildman–Crippen LogP) is 2.75. The maximum Gasteiger partial charge on any atom is 0.253 e. The first-order chi connectivity index (χ1) is 10.7. The van der Waals surface area contributed by atoms with Gasteiger partial charge >= 0.3 is 0 Å². The molecule has 1 aliphatic heterocycles. The number of benzene rings is 1. The summed E-state index contributed by atoms with van der Waals surface area (Å²) in [5.41, 5.74) is 0.905. The van der Waals surface area contributed by atoms with Crippen molar-refractivity contribution in [3.05, 3.63) is 35.9 Å². The molecule has 0 aliphatic carbocycles. The van der Waals surface area contributed by atoms with Gasteiger partial charge in [-0.25, -0.2) is 0 Å². The average molecular weight is 304 g/mol. The molecule has 1 fully saturated rings. The van der Waals surface area contributed by atoms with E-state index in [1.165, 1.54) is 19.4 Å². The Morgan fingerprint density at radius 1 is 1.32 bits per heavy atom. The number of likely N-dealkylation sites (tertiary alicyclic amines) is 1. The van der Waals surface area contributed by atoms with Gasteiger partial charge in [0.25, 0.3) is 5.91 Å². The number of nitrogens with one attached hydrogen (secondary N) is 1. The second-order valence-electron chi connectivity index (χ2n) is 6.00. The predicted molar refractivity (Wildman–Crippen MR) is 88.7 cm³/mol. The van der Waals surface area contributed by atoms with Crippen molar-refractivity contribution in [2.24, 2.45) is 0 Å². The van der Waals surface area contributed by atoms with Gasteiger partial charge in [0, 0.05) is 26.2 Å². The average Bonchev–Trinajstić information content (AvgIpc) is 2.56. The first kappa shape index (κ1) is 17.0.